The molecular weight excluding hydrogens is 436 g/mol. The molecule has 2 aromatic carbocycles. The first kappa shape index (κ1) is 25.2. The number of benzene rings is 2. The van der Waals surface area contributed by atoms with Gasteiger partial charge in [0.15, 0.2) is 11.5 Å². The number of amides is 2. The number of piperidine rings is 1. The summed E-state index contributed by atoms with van der Waals surface area (Å²) < 4.78 is 21.5. The van der Waals surface area contributed by atoms with E-state index < -0.39 is 0 Å². The topological polar surface area (TPSA) is 86.3 Å². The second-order valence-corrected chi connectivity index (χ2v) is 8.21. The van der Waals surface area contributed by atoms with Gasteiger partial charge in [0.25, 0.3) is 5.91 Å². The van der Waals surface area contributed by atoms with Gasteiger partial charge in [0, 0.05) is 31.6 Å². The Morgan fingerprint density at radius 1 is 0.971 bits per heavy atom. The van der Waals surface area contributed by atoms with Crippen LogP contribution in [-0.4, -0.2) is 57.7 Å². The molecule has 0 aromatic heterocycles. The van der Waals surface area contributed by atoms with Crippen LogP contribution in [0.2, 0.25) is 0 Å². The quantitative estimate of drug-likeness (QED) is 0.570. The van der Waals surface area contributed by atoms with Crippen molar-refractivity contribution in [1.29, 1.82) is 0 Å². The van der Waals surface area contributed by atoms with Crippen LogP contribution in [0.15, 0.2) is 36.4 Å². The van der Waals surface area contributed by atoms with Crippen LogP contribution < -0.4 is 24.3 Å². The SMILES string of the molecule is CCOc1ccc(CNC(=O)CC2CCN(C(=O)c3cc(OC)c(OC)c(OC)c3)CC2)cc1. The molecule has 3 rings (SSSR count). The minimum absolute atomic E-state index is 0.0308. The summed E-state index contributed by atoms with van der Waals surface area (Å²) in [7, 11) is 4.58. The fourth-order valence-corrected chi connectivity index (χ4v) is 4.13. The standard InChI is InChI=1S/C26H34N2O6/c1-5-34-21-8-6-19(7-9-21)17-27-24(29)14-18-10-12-28(13-11-18)26(30)20-15-22(31-2)25(33-4)23(16-20)32-3/h6-9,15-16,18H,5,10-14,17H2,1-4H3,(H,27,29). The van der Waals surface area contributed by atoms with Crippen molar-refractivity contribution in [2.24, 2.45) is 5.92 Å². The molecule has 0 aliphatic carbocycles. The predicted molar refractivity (Wildman–Crippen MR) is 129 cm³/mol. The van der Waals surface area contributed by atoms with E-state index in [1.54, 1.807) is 12.1 Å². The lowest BCUT2D eigenvalue weighted by molar-refractivity contribution is -0.122. The van der Waals surface area contributed by atoms with Gasteiger partial charge in [-0.15, -0.1) is 0 Å². The van der Waals surface area contributed by atoms with Gasteiger partial charge >= 0.3 is 0 Å². The van der Waals surface area contributed by atoms with Crippen molar-refractivity contribution in [2.45, 2.75) is 32.7 Å². The number of hydrogen-bond donors (Lipinski definition) is 1. The zero-order chi connectivity index (χ0) is 24.5. The number of nitrogens with one attached hydrogen (secondary N) is 1. The summed E-state index contributed by atoms with van der Waals surface area (Å²) in [5.74, 6) is 2.38. The monoisotopic (exact) mass is 470 g/mol. The van der Waals surface area contributed by atoms with Crippen LogP contribution in [0.5, 0.6) is 23.0 Å². The summed E-state index contributed by atoms with van der Waals surface area (Å²) in [6.07, 6.45) is 2.03. The van der Waals surface area contributed by atoms with E-state index in [2.05, 4.69) is 5.32 Å². The molecule has 1 heterocycles. The number of ether oxygens (including phenoxy) is 4. The number of rotatable bonds is 10. The molecule has 8 heteroatoms. The molecule has 184 valence electrons. The van der Waals surface area contributed by atoms with Crippen molar-refractivity contribution in [1.82, 2.24) is 10.2 Å². The fourth-order valence-electron chi connectivity index (χ4n) is 4.13. The Kier molecular flexibility index (Phi) is 9.01. The van der Waals surface area contributed by atoms with Crippen LogP contribution in [0.1, 0.15) is 42.1 Å². The first-order valence-corrected chi connectivity index (χ1v) is 11.6. The molecule has 1 aliphatic rings. The molecule has 1 saturated heterocycles. The van der Waals surface area contributed by atoms with Crippen molar-refractivity contribution in [3.63, 3.8) is 0 Å². The highest BCUT2D eigenvalue weighted by atomic mass is 16.5. The first-order chi connectivity index (χ1) is 16.5. The molecule has 1 aliphatic heterocycles. The van der Waals surface area contributed by atoms with Crippen LogP contribution in [0.25, 0.3) is 0 Å². The summed E-state index contributed by atoms with van der Waals surface area (Å²) in [6, 6.07) is 11.1. The average molecular weight is 471 g/mol. The number of hydrogen-bond acceptors (Lipinski definition) is 6. The summed E-state index contributed by atoms with van der Waals surface area (Å²) in [5.41, 5.74) is 1.52. The third kappa shape index (κ3) is 6.34. The van der Waals surface area contributed by atoms with Gasteiger partial charge in [-0.3, -0.25) is 9.59 Å². The van der Waals surface area contributed by atoms with E-state index in [1.165, 1.54) is 21.3 Å². The third-order valence-corrected chi connectivity index (χ3v) is 6.01. The van der Waals surface area contributed by atoms with Gasteiger partial charge in [0.2, 0.25) is 11.7 Å². The van der Waals surface area contributed by atoms with E-state index in [-0.39, 0.29) is 17.7 Å². The van der Waals surface area contributed by atoms with E-state index >= 15 is 0 Å². The Balaban J connectivity index is 1.49. The summed E-state index contributed by atoms with van der Waals surface area (Å²) in [4.78, 5) is 27.3. The van der Waals surface area contributed by atoms with Gasteiger partial charge in [-0.05, 0) is 55.5 Å². The minimum atomic E-state index is -0.0855. The highest BCUT2D eigenvalue weighted by Gasteiger charge is 2.26. The van der Waals surface area contributed by atoms with Crippen LogP contribution >= 0.6 is 0 Å². The van der Waals surface area contributed by atoms with Gasteiger partial charge in [-0.25, -0.2) is 0 Å². The largest absolute Gasteiger partial charge is 0.494 e. The normalized spacial score (nSPS) is 13.8. The number of likely N-dealkylation sites (tertiary alicyclic amines) is 1. The number of nitrogens with zero attached hydrogens (tertiary/aromatic N) is 1. The average Bonchev–Trinajstić information content (AvgIpc) is 2.87. The van der Waals surface area contributed by atoms with Gasteiger partial charge in [-0.2, -0.15) is 0 Å². The maximum Gasteiger partial charge on any atom is 0.254 e. The smallest absolute Gasteiger partial charge is 0.254 e. The van der Waals surface area contributed by atoms with Crippen LogP contribution in [-0.2, 0) is 11.3 Å². The Labute approximate surface area is 201 Å². The summed E-state index contributed by atoms with van der Waals surface area (Å²) in [6.45, 7) is 4.27. The van der Waals surface area contributed by atoms with E-state index in [1.807, 2.05) is 36.1 Å². The molecule has 0 radical (unpaired) electrons. The van der Waals surface area contributed by atoms with E-state index in [4.69, 9.17) is 18.9 Å². The highest BCUT2D eigenvalue weighted by Crippen LogP contribution is 2.38. The lowest BCUT2D eigenvalue weighted by Crippen LogP contribution is -2.39. The lowest BCUT2D eigenvalue weighted by Gasteiger charge is -2.32. The van der Waals surface area contributed by atoms with Crippen LogP contribution in [0.3, 0.4) is 0 Å². The molecule has 1 N–H and O–H groups in total. The molecule has 0 unspecified atom stereocenters. The van der Waals surface area contributed by atoms with Gasteiger partial charge in [-0.1, -0.05) is 12.1 Å². The van der Waals surface area contributed by atoms with E-state index in [9.17, 15) is 9.59 Å². The Morgan fingerprint density at radius 2 is 1.59 bits per heavy atom. The zero-order valence-electron chi connectivity index (χ0n) is 20.4. The Hall–Kier alpha value is -3.42. The Bertz CT molecular complexity index is 943. The van der Waals surface area contributed by atoms with Crippen molar-refractivity contribution < 1.29 is 28.5 Å². The highest BCUT2D eigenvalue weighted by molar-refractivity contribution is 5.95. The second-order valence-electron chi connectivity index (χ2n) is 8.21. The molecule has 34 heavy (non-hydrogen) atoms. The van der Waals surface area contributed by atoms with Gasteiger partial charge in [0.05, 0.1) is 27.9 Å². The lowest BCUT2D eigenvalue weighted by atomic mass is 9.92. The molecule has 8 nitrogen and oxygen atoms in total. The molecule has 2 amide bonds. The maximum absolute atomic E-state index is 13.1. The minimum Gasteiger partial charge on any atom is -0.494 e. The number of methoxy groups -OCH3 is 3. The molecule has 0 saturated carbocycles. The van der Waals surface area contributed by atoms with Crippen LogP contribution in [0, 0.1) is 5.92 Å². The first-order valence-electron chi connectivity index (χ1n) is 11.6. The number of carbonyl (C=O) groups excluding carboxylic acids is 2. The summed E-state index contributed by atoms with van der Waals surface area (Å²) in [5, 5.41) is 2.99. The molecule has 0 atom stereocenters. The Morgan fingerprint density at radius 3 is 2.12 bits per heavy atom. The van der Waals surface area contributed by atoms with Crippen LogP contribution in [0.4, 0.5) is 0 Å². The van der Waals surface area contributed by atoms with Crippen molar-refractivity contribution in [2.75, 3.05) is 41.0 Å². The zero-order valence-corrected chi connectivity index (χ0v) is 20.4. The van der Waals surface area contributed by atoms with E-state index in [0.717, 1.165) is 24.2 Å². The fraction of sp³-hybridized carbons (Fsp3) is 0.462. The molecule has 1 fully saturated rings. The van der Waals surface area contributed by atoms with Crippen molar-refractivity contribution in [3.05, 3.63) is 47.5 Å². The predicted octanol–water partition coefficient (Wildman–Crippen LogP) is 3.67. The summed E-state index contributed by atoms with van der Waals surface area (Å²) >= 11 is 0. The molecule has 0 spiro atoms. The maximum atomic E-state index is 13.1. The van der Waals surface area contributed by atoms with E-state index in [0.29, 0.717) is 55.5 Å². The van der Waals surface area contributed by atoms with Crippen molar-refractivity contribution in [3.8, 4) is 23.0 Å². The van der Waals surface area contributed by atoms with Gasteiger partial charge in [0.1, 0.15) is 5.75 Å². The molecule has 0 bridgehead atoms. The molecule has 2 aromatic rings. The second kappa shape index (κ2) is 12.2. The third-order valence-electron chi connectivity index (χ3n) is 6.01. The van der Waals surface area contributed by atoms with Crippen molar-refractivity contribution >= 4 is 11.8 Å². The molecular formula is C26H34N2O6. The van der Waals surface area contributed by atoms with Gasteiger partial charge < -0.3 is 29.2 Å². The number of carbonyl (C=O) groups is 2.